The van der Waals surface area contributed by atoms with Crippen molar-refractivity contribution in [2.24, 2.45) is 0 Å². The summed E-state index contributed by atoms with van der Waals surface area (Å²) >= 11 is 5.72. The van der Waals surface area contributed by atoms with Crippen LogP contribution in [0.3, 0.4) is 0 Å². The number of nitrogens with zero attached hydrogens (tertiary/aromatic N) is 1. The molecule has 10 heteroatoms. The third kappa shape index (κ3) is 4.18. The predicted octanol–water partition coefficient (Wildman–Crippen LogP) is -0.437. The summed E-state index contributed by atoms with van der Waals surface area (Å²) in [7, 11) is -6.07. The molecule has 1 aromatic rings. The molecular weight excluding hydrogens is 302 g/mol. The number of hydrogen-bond acceptors (Lipinski definition) is 5. The van der Waals surface area contributed by atoms with Crippen LogP contribution in [0.25, 0.3) is 0 Å². The number of aromatic nitrogens is 1. The van der Waals surface area contributed by atoms with Gasteiger partial charge in [0.1, 0.15) is 4.90 Å². The van der Waals surface area contributed by atoms with Gasteiger partial charge in [0.05, 0.1) is 10.8 Å². The van der Waals surface area contributed by atoms with Gasteiger partial charge in [0.2, 0.25) is 20.0 Å². The first-order valence-corrected chi connectivity index (χ1v) is 8.30. The first-order valence-electron chi connectivity index (χ1n) is 4.79. The molecule has 0 amide bonds. The Labute approximate surface area is 111 Å². The smallest absolute Gasteiger partial charge is 0.243 e. The quantitative estimate of drug-likeness (QED) is 0.741. The molecule has 0 aliphatic carbocycles. The zero-order valence-electron chi connectivity index (χ0n) is 9.42. The molecule has 1 aromatic heterocycles. The zero-order chi connectivity index (χ0) is 13.8. The van der Waals surface area contributed by atoms with Crippen LogP contribution in [-0.4, -0.2) is 41.2 Å². The Balaban J connectivity index is 2.76. The van der Waals surface area contributed by atoms with Crippen LogP contribution >= 0.6 is 11.6 Å². The van der Waals surface area contributed by atoms with E-state index in [0.717, 1.165) is 6.20 Å². The highest BCUT2D eigenvalue weighted by atomic mass is 35.5. The summed E-state index contributed by atoms with van der Waals surface area (Å²) in [6.45, 7) is -0.253. The Morgan fingerprint density at radius 2 is 2.00 bits per heavy atom. The predicted molar refractivity (Wildman–Crippen MR) is 67.3 cm³/mol. The molecule has 0 aliphatic rings. The fraction of sp³-hybridized carbons (Fsp3) is 0.375. The summed E-state index contributed by atoms with van der Waals surface area (Å²) in [5, 5.41) is 0.0222. The molecule has 0 saturated heterocycles. The number of nitrogens with one attached hydrogen (secondary N) is 2. The molecule has 1 heterocycles. The molecule has 0 atom stereocenters. The topological polar surface area (TPSA) is 105 Å². The van der Waals surface area contributed by atoms with E-state index < -0.39 is 20.0 Å². The van der Waals surface area contributed by atoms with Gasteiger partial charge < -0.3 is 0 Å². The molecule has 0 bridgehead atoms. The van der Waals surface area contributed by atoms with Crippen LogP contribution in [0, 0.1) is 0 Å². The number of hydrogen-bond donors (Lipinski definition) is 2. The van der Waals surface area contributed by atoms with E-state index in [4.69, 9.17) is 11.6 Å². The summed E-state index contributed by atoms with van der Waals surface area (Å²) in [5.41, 5.74) is 0. The van der Waals surface area contributed by atoms with E-state index in [9.17, 15) is 16.8 Å². The van der Waals surface area contributed by atoms with Gasteiger partial charge in [0.15, 0.2) is 0 Å². The van der Waals surface area contributed by atoms with Gasteiger partial charge in [0, 0.05) is 18.9 Å². The van der Waals surface area contributed by atoms with Crippen LogP contribution in [0.1, 0.15) is 0 Å². The van der Waals surface area contributed by atoms with Crippen LogP contribution in [0.15, 0.2) is 23.4 Å². The van der Waals surface area contributed by atoms with Crippen molar-refractivity contribution in [1.29, 1.82) is 0 Å². The lowest BCUT2D eigenvalue weighted by Gasteiger charge is -2.07. The number of halogens is 1. The molecule has 18 heavy (non-hydrogen) atoms. The Bertz CT molecular complexity index is 615. The molecule has 102 valence electrons. The van der Waals surface area contributed by atoms with Gasteiger partial charge >= 0.3 is 0 Å². The average molecular weight is 314 g/mol. The maximum atomic E-state index is 11.8. The van der Waals surface area contributed by atoms with Crippen molar-refractivity contribution in [2.75, 3.05) is 19.3 Å². The number of sulfonamides is 2. The summed E-state index contributed by atoms with van der Waals surface area (Å²) < 4.78 is 50.0. The van der Waals surface area contributed by atoms with E-state index in [1.807, 2.05) is 0 Å². The summed E-state index contributed by atoms with van der Waals surface area (Å²) in [5.74, 6) is -0.361. The summed E-state index contributed by atoms with van der Waals surface area (Å²) in [6.07, 6.45) is 2.45. The van der Waals surface area contributed by atoms with Crippen molar-refractivity contribution in [3.05, 3.63) is 23.5 Å². The summed E-state index contributed by atoms with van der Waals surface area (Å²) in [6, 6.07) is 1.33. The van der Waals surface area contributed by atoms with Crippen molar-refractivity contribution in [2.45, 2.75) is 4.90 Å². The van der Waals surface area contributed by atoms with Crippen LogP contribution in [-0.2, 0) is 20.0 Å². The van der Waals surface area contributed by atoms with E-state index >= 15 is 0 Å². The van der Waals surface area contributed by atoms with Crippen LogP contribution in [0.4, 0.5) is 0 Å². The van der Waals surface area contributed by atoms with Crippen molar-refractivity contribution in [1.82, 2.24) is 14.4 Å². The summed E-state index contributed by atoms with van der Waals surface area (Å²) in [4.78, 5) is 3.46. The van der Waals surface area contributed by atoms with E-state index in [1.165, 1.54) is 19.3 Å². The first-order chi connectivity index (χ1) is 8.28. The van der Waals surface area contributed by atoms with Gasteiger partial charge in [-0.1, -0.05) is 11.6 Å². The third-order valence-corrected chi connectivity index (χ3v) is 5.29. The van der Waals surface area contributed by atoms with Gasteiger partial charge in [0.25, 0.3) is 0 Å². The molecule has 0 spiro atoms. The normalized spacial score (nSPS) is 12.6. The van der Waals surface area contributed by atoms with Gasteiger partial charge in [-0.3, -0.25) is 4.98 Å². The Hall–Kier alpha value is -0.740. The highest BCUT2D eigenvalue weighted by Crippen LogP contribution is 2.18. The lowest BCUT2D eigenvalue weighted by Crippen LogP contribution is -2.33. The van der Waals surface area contributed by atoms with E-state index in [0.29, 0.717) is 0 Å². The monoisotopic (exact) mass is 313 g/mol. The fourth-order valence-corrected chi connectivity index (χ4v) is 3.22. The van der Waals surface area contributed by atoms with Crippen molar-refractivity contribution >= 4 is 31.6 Å². The zero-order valence-corrected chi connectivity index (χ0v) is 11.8. The van der Waals surface area contributed by atoms with Crippen LogP contribution < -0.4 is 9.44 Å². The third-order valence-electron chi connectivity index (χ3n) is 2.00. The molecule has 1 rings (SSSR count). The highest BCUT2D eigenvalue weighted by Gasteiger charge is 2.18. The van der Waals surface area contributed by atoms with Crippen molar-refractivity contribution in [3.63, 3.8) is 0 Å². The Morgan fingerprint density at radius 1 is 1.33 bits per heavy atom. The minimum atomic E-state index is -3.86. The minimum absolute atomic E-state index is 0.0222. The molecule has 0 fully saturated rings. The Kier molecular flexibility index (Phi) is 5.05. The lowest BCUT2D eigenvalue weighted by atomic mass is 10.5. The molecule has 0 radical (unpaired) electrons. The molecule has 0 unspecified atom stereocenters. The van der Waals surface area contributed by atoms with E-state index in [2.05, 4.69) is 14.4 Å². The van der Waals surface area contributed by atoms with Crippen molar-refractivity contribution in [3.8, 4) is 0 Å². The lowest BCUT2D eigenvalue weighted by molar-refractivity contribution is 0.578. The SMILES string of the molecule is CNS(=O)(=O)CCNS(=O)(=O)c1cnccc1Cl. The molecular formula is C8H12ClN3O4S2. The number of pyridine rings is 1. The second-order valence-corrected chi connectivity index (χ2v) is 7.42. The molecule has 0 saturated carbocycles. The largest absolute Gasteiger partial charge is 0.263 e. The molecule has 0 aliphatic heterocycles. The van der Waals surface area contributed by atoms with Gasteiger partial charge in [-0.2, -0.15) is 0 Å². The first kappa shape index (κ1) is 15.3. The van der Waals surface area contributed by atoms with Gasteiger partial charge in [-0.15, -0.1) is 0 Å². The van der Waals surface area contributed by atoms with Crippen LogP contribution in [0.5, 0.6) is 0 Å². The second-order valence-electron chi connectivity index (χ2n) is 3.23. The maximum absolute atomic E-state index is 11.8. The van der Waals surface area contributed by atoms with Crippen molar-refractivity contribution < 1.29 is 16.8 Å². The second kappa shape index (κ2) is 5.93. The van der Waals surface area contributed by atoms with Gasteiger partial charge in [-0.05, 0) is 13.1 Å². The fourth-order valence-electron chi connectivity index (χ4n) is 1.05. The standard InChI is InChI=1S/C8H12ClN3O4S2/c1-10-17(13,14)5-4-12-18(15,16)8-6-11-3-2-7(8)9/h2-3,6,10,12H,4-5H2,1H3. The molecule has 2 N–H and O–H groups in total. The van der Waals surface area contributed by atoms with E-state index in [-0.39, 0.29) is 22.2 Å². The average Bonchev–Trinajstić information content (AvgIpc) is 2.29. The minimum Gasteiger partial charge on any atom is -0.263 e. The van der Waals surface area contributed by atoms with E-state index in [1.54, 1.807) is 0 Å². The van der Waals surface area contributed by atoms with Crippen LogP contribution in [0.2, 0.25) is 5.02 Å². The maximum Gasteiger partial charge on any atom is 0.243 e. The molecule has 0 aromatic carbocycles. The molecule has 7 nitrogen and oxygen atoms in total. The number of rotatable bonds is 6. The van der Waals surface area contributed by atoms with Gasteiger partial charge in [-0.25, -0.2) is 26.3 Å². The Morgan fingerprint density at radius 3 is 2.56 bits per heavy atom. The highest BCUT2D eigenvalue weighted by molar-refractivity contribution is 7.90.